The first-order valence-corrected chi connectivity index (χ1v) is 14.5. The Kier molecular flexibility index (Phi) is 9.50. The van der Waals surface area contributed by atoms with Crippen molar-refractivity contribution in [3.8, 4) is 11.5 Å². The molecule has 8 heteroatoms. The summed E-state index contributed by atoms with van der Waals surface area (Å²) < 4.78 is 6.04. The Morgan fingerprint density at radius 3 is 2.30 bits per heavy atom. The Hall–Kier alpha value is -3.81. The van der Waals surface area contributed by atoms with Crippen molar-refractivity contribution in [2.75, 3.05) is 26.2 Å². The quantitative estimate of drug-likeness (QED) is 0.369. The van der Waals surface area contributed by atoms with E-state index in [2.05, 4.69) is 33.0 Å². The first-order valence-electron chi connectivity index (χ1n) is 14.5. The molecule has 2 aliphatic heterocycles. The van der Waals surface area contributed by atoms with Gasteiger partial charge in [0.1, 0.15) is 17.5 Å². The van der Waals surface area contributed by atoms with E-state index in [0.717, 1.165) is 18.4 Å². The number of rotatable bonds is 12. The summed E-state index contributed by atoms with van der Waals surface area (Å²) in [7, 11) is 0. The third-order valence-corrected chi connectivity index (χ3v) is 7.39. The molecule has 0 radical (unpaired) electrons. The molecule has 0 saturated heterocycles. The normalized spacial score (nSPS) is 17.7. The minimum Gasteiger partial charge on any atom is -0.457 e. The van der Waals surface area contributed by atoms with Crippen LogP contribution in [0.25, 0.3) is 0 Å². The molecular formula is C32H42N4O4. The van der Waals surface area contributed by atoms with Crippen molar-refractivity contribution in [3.05, 3.63) is 71.4 Å². The summed E-state index contributed by atoms with van der Waals surface area (Å²) in [5.41, 5.74) is 1.96. The molecular weight excluding hydrogens is 504 g/mol. The van der Waals surface area contributed by atoms with Crippen LogP contribution in [-0.4, -0.2) is 64.8 Å². The zero-order chi connectivity index (χ0) is 28.8. The van der Waals surface area contributed by atoms with Gasteiger partial charge in [-0.1, -0.05) is 58.0 Å². The number of nitrogens with zero attached hydrogens (tertiary/aromatic N) is 3. The maximum atomic E-state index is 14.2. The largest absolute Gasteiger partial charge is 0.457 e. The predicted molar refractivity (Wildman–Crippen MR) is 156 cm³/mol. The Bertz CT molecular complexity index is 1240. The van der Waals surface area contributed by atoms with Gasteiger partial charge in [-0.05, 0) is 61.9 Å². The highest BCUT2D eigenvalue weighted by Gasteiger charge is 2.47. The van der Waals surface area contributed by atoms with Gasteiger partial charge in [0.05, 0.1) is 23.9 Å². The van der Waals surface area contributed by atoms with Crippen LogP contribution in [-0.2, 0) is 9.59 Å². The number of urea groups is 1. The van der Waals surface area contributed by atoms with E-state index in [1.165, 1.54) is 0 Å². The fourth-order valence-electron chi connectivity index (χ4n) is 5.62. The standard InChI is InChI=1S/C32H42N4O4/c1-6-17-34(18-7-2)30(37)26(19-22(4)5)36-21-27-28(31(36)38)29(33-32(39)35(27)8-3)23-13-12-16-25(20-23)40-24-14-10-9-11-15-24/h9-16,20,22,26,29H,6-8,17-19,21H2,1-5H3,(H,33,39)/t26-,29+/m1/s1. The van der Waals surface area contributed by atoms with E-state index in [1.807, 2.05) is 66.4 Å². The van der Waals surface area contributed by atoms with Gasteiger partial charge in [0.25, 0.3) is 5.91 Å². The van der Waals surface area contributed by atoms with Crippen LogP contribution >= 0.6 is 0 Å². The van der Waals surface area contributed by atoms with Gasteiger partial charge in [-0.15, -0.1) is 0 Å². The monoisotopic (exact) mass is 546 g/mol. The van der Waals surface area contributed by atoms with E-state index >= 15 is 0 Å². The second-order valence-electron chi connectivity index (χ2n) is 10.9. The number of likely N-dealkylation sites (N-methyl/N-ethyl adjacent to an activating group) is 1. The van der Waals surface area contributed by atoms with E-state index in [1.54, 1.807) is 9.80 Å². The molecule has 2 aromatic carbocycles. The third kappa shape index (κ3) is 6.16. The van der Waals surface area contributed by atoms with Gasteiger partial charge < -0.3 is 19.9 Å². The molecule has 2 aromatic rings. The fourth-order valence-corrected chi connectivity index (χ4v) is 5.62. The Balaban J connectivity index is 1.69. The lowest BCUT2D eigenvalue weighted by atomic mass is 9.95. The number of amides is 4. The van der Waals surface area contributed by atoms with Gasteiger partial charge in [0.15, 0.2) is 0 Å². The zero-order valence-corrected chi connectivity index (χ0v) is 24.4. The number of para-hydroxylation sites is 1. The second-order valence-corrected chi connectivity index (χ2v) is 10.9. The number of carbonyl (C=O) groups is 3. The molecule has 0 aliphatic carbocycles. The third-order valence-electron chi connectivity index (χ3n) is 7.39. The SMILES string of the molecule is CCCN(CCC)C(=O)[C@@H](CC(C)C)N1CC2=C(C1=O)[C@H](c1cccc(Oc3ccccc3)c1)NC(=O)N2CC. The van der Waals surface area contributed by atoms with E-state index in [9.17, 15) is 14.4 Å². The molecule has 0 unspecified atom stereocenters. The second kappa shape index (κ2) is 13.0. The number of ether oxygens (including phenoxy) is 1. The Morgan fingerprint density at radius 1 is 1.00 bits per heavy atom. The highest BCUT2D eigenvalue weighted by molar-refractivity contribution is 6.03. The molecule has 0 bridgehead atoms. The van der Waals surface area contributed by atoms with Crippen molar-refractivity contribution >= 4 is 17.8 Å². The molecule has 2 atom stereocenters. The zero-order valence-electron chi connectivity index (χ0n) is 24.4. The van der Waals surface area contributed by atoms with Crippen molar-refractivity contribution in [2.24, 2.45) is 5.92 Å². The average Bonchev–Trinajstić information content (AvgIpc) is 3.28. The van der Waals surface area contributed by atoms with Gasteiger partial charge in [0, 0.05) is 19.6 Å². The molecule has 0 spiro atoms. The minimum atomic E-state index is -0.640. The first-order chi connectivity index (χ1) is 19.3. The van der Waals surface area contributed by atoms with Gasteiger partial charge in [-0.3, -0.25) is 14.5 Å². The van der Waals surface area contributed by atoms with Crippen LogP contribution in [0.4, 0.5) is 4.79 Å². The van der Waals surface area contributed by atoms with Crippen molar-refractivity contribution < 1.29 is 19.1 Å². The van der Waals surface area contributed by atoms with Crippen LogP contribution in [0.5, 0.6) is 11.5 Å². The molecule has 2 heterocycles. The van der Waals surface area contributed by atoms with Crippen molar-refractivity contribution in [3.63, 3.8) is 0 Å². The van der Waals surface area contributed by atoms with E-state index in [-0.39, 0.29) is 30.3 Å². The molecule has 1 N–H and O–H groups in total. The minimum absolute atomic E-state index is 0.0114. The fraction of sp³-hybridized carbons (Fsp3) is 0.469. The summed E-state index contributed by atoms with van der Waals surface area (Å²) in [4.78, 5) is 46.6. The van der Waals surface area contributed by atoms with Crippen LogP contribution in [0, 0.1) is 5.92 Å². The van der Waals surface area contributed by atoms with Gasteiger partial charge in [-0.2, -0.15) is 0 Å². The van der Waals surface area contributed by atoms with E-state index in [0.29, 0.717) is 48.8 Å². The molecule has 0 fully saturated rings. The molecule has 214 valence electrons. The van der Waals surface area contributed by atoms with E-state index < -0.39 is 12.1 Å². The average molecular weight is 547 g/mol. The highest BCUT2D eigenvalue weighted by Crippen LogP contribution is 2.39. The van der Waals surface area contributed by atoms with Crippen molar-refractivity contribution in [1.29, 1.82) is 0 Å². The predicted octanol–water partition coefficient (Wildman–Crippen LogP) is 5.72. The Labute approximate surface area is 238 Å². The summed E-state index contributed by atoms with van der Waals surface area (Å²) >= 11 is 0. The molecule has 0 saturated carbocycles. The highest BCUT2D eigenvalue weighted by atomic mass is 16.5. The summed E-state index contributed by atoms with van der Waals surface area (Å²) in [5.74, 6) is 1.32. The lowest BCUT2D eigenvalue weighted by molar-refractivity contribution is -0.143. The lowest BCUT2D eigenvalue weighted by Crippen LogP contribution is -2.51. The van der Waals surface area contributed by atoms with Crippen LogP contribution in [0.1, 0.15) is 65.5 Å². The Morgan fingerprint density at radius 2 is 1.68 bits per heavy atom. The van der Waals surface area contributed by atoms with Gasteiger partial charge >= 0.3 is 6.03 Å². The van der Waals surface area contributed by atoms with Crippen LogP contribution in [0.15, 0.2) is 65.9 Å². The maximum absolute atomic E-state index is 14.2. The maximum Gasteiger partial charge on any atom is 0.322 e. The van der Waals surface area contributed by atoms with Crippen molar-refractivity contribution in [1.82, 2.24) is 20.0 Å². The van der Waals surface area contributed by atoms with E-state index in [4.69, 9.17) is 4.74 Å². The molecule has 40 heavy (non-hydrogen) atoms. The van der Waals surface area contributed by atoms with Gasteiger partial charge in [-0.25, -0.2) is 4.79 Å². The first kappa shape index (κ1) is 29.2. The summed E-state index contributed by atoms with van der Waals surface area (Å²) in [6, 6.07) is 15.5. The van der Waals surface area contributed by atoms with Crippen molar-refractivity contribution in [2.45, 2.75) is 66.0 Å². The smallest absolute Gasteiger partial charge is 0.322 e. The number of benzene rings is 2. The summed E-state index contributed by atoms with van der Waals surface area (Å²) in [6.07, 6.45) is 2.27. The molecule has 0 aromatic heterocycles. The molecule has 2 aliphatic rings. The molecule has 8 nitrogen and oxygen atoms in total. The van der Waals surface area contributed by atoms with Gasteiger partial charge in [0.2, 0.25) is 5.91 Å². The molecule has 4 rings (SSSR count). The number of hydrogen-bond acceptors (Lipinski definition) is 4. The van der Waals surface area contributed by atoms with Crippen LogP contribution in [0.2, 0.25) is 0 Å². The summed E-state index contributed by atoms with van der Waals surface area (Å²) in [5, 5.41) is 3.05. The number of hydrogen-bond donors (Lipinski definition) is 1. The number of carbonyl (C=O) groups excluding carboxylic acids is 3. The van der Waals surface area contributed by atoms with Crippen LogP contribution in [0.3, 0.4) is 0 Å². The topological polar surface area (TPSA) is 82.2 Å². The number of nitrogens with one attached hydrogen (secondary N) is 1. The summed E-state index contributed by atoms with van der Waals surface area (Å²) in [6.45, 7) is 12.1. The molecule has 4 amide bonds. The van der Waals surface area contributed by atoms with Crippen LogP contribution < -0.4 is 10.1 Å². The lowest BCUT2D eigenvalue weighted by Gasteiger charge is -2.34.